The van der Waals surface area contributed by atoms with E-state index < -0.39 is 15.9 Å². The smallest absolute Gasteiger partial charge is 0.262 e. The number of nitrogens with two attached hydrogens (primary N) is 1. The van der Waals surface area contributed by atoms with Crippen LogP contribution in [0.25, 0.3) is 0 Å². The maximum absolute atomic E-state index is 12.6. The molecule has 0 aromatic heterocycles. The van der Waals surface area contributed by atoms with Crippen molar-refractivity contribution in [2.75, 3.05) is 11.3 Å². The van der Waals surface area contributed by atoms with Crippen molar-refractivity contribution < 1.29 is 17.9 Å². The second-order valence-corrected chi connectivity index (χ2v) is 7.49. The number of ether oxygens (including phenoxy) is 1. The van der Waals surface area contributed by atoms with Crippen molar-refractivity contribution in [1.82, 2.24) is 0 Å². The zero-order chi connectivity index (χ0) is 17.7. The lowest BCUT2D eigenvalue weighted by molar-refractivity contribution is 0.100. The molecule has 0 aliphatic rings. The summed E-state index contributed by atoms with van der Waals surface area (Å²) in [7, 11) is -3.89. The first kappa shape index (κ1) is 18.3. The van der Waals surface area contributed by atoms with E-state index in [0.717, 1.165) is 6.42 Å². The number of benzene rings is 2. The summed E-state index contributed by atoms with van der Waals surface area (Å²) in [5.74, 6) is -0.279. The summed E-state index contributed by atoms with van der Waals surface area (Å²) in [6, 6.07) is 10.6. The monoisotopic (exact) mass is 412 g/mol. The molecule has 8 heteroatoms. The Kier molecular flexibility index (Phi) is 5.84. The fourth-order valence-corrected chi connectivity index (χ4v) is 3.42. The quantitative estimate of drug-likeness (QED) is 0.729. The van der Waals surface area contributed by atoms with E-state index in [1.165, 1.54) is 24.3 Å². The molecule has 0 aliphatic heterocycles. The van der Waals surface area contributed by atoms with Crippen molar-refractivity contribution in [3.8, 4) is 5.75 Å². The van der Waals surface area contributed by atoms with Crippen molar-refractivity contribution in [3.05, 3.63) is 52.5 Å². The van der Waals surface area contributed by atoms with Crippen LogP contribution in [0, 0.1) is 0 Å². The van der Waals surface area contributed by atoms with Gasteiger partial charge in [-0.3, -0.25) is 9.52 Å². The van der Waals surface area contributed by atoms with Crippen molar-refractivity contribution in [2.24, 2.45) is 5.73 Å². The molecule has 0 radical (unpaired) electrons. The van der Waals surface area contributed by atoms with Crippen LogP contribution in [0.1, 0.15) is 23.7 Å². The molecule has 0 unspecified atom stereocenters. The molecule has 128 valence electrons. The highest BCUT2D eigenvalue weighted by atomic mass is 79.9. The van der Waals surface area contributed by atoms with Gasteiger partial charge in [-0.05, 0) is 46.6 Å². The number of halogens is 1. The molecule has 2 aromatic rings. The third-order valence-corrected chi connectivity index (χ3v) is 5.13. The second kappa shape index (κ2) is 7.67. The molecular formula is C16H17BrN2O4S. The molecule has 0 heterocycles. The first-order chi connectivity index (χ1) is 11.3. The lowest BCUT2D eigenvalue weighted by Gasteiger charge is -2.13. The maximum atomic E-state index is 12.6. The van der Waals surface area contributed by atoms with E-state index in [4.69, 9.17) is 10.5 Å². The van der Waals surface area contributed by atoms with Gasteiger partial charge in [0.15, 0.2) is 0 Å². The van der Waals surface area contributed by atoms with E-state index in [2.05, 4.69) is 20.7 Å². The highest BCUT2D eigenvalue weighted by Gasteiger charge is 2.19. The Morgan fingerprint density at radius 2 is 1.96 bits per heavy atom. The van der Waals surface area contributed by atoms with Crippen LogP contribution in [-0.4, -0.2) is 20.9 Å². The van der Waals surface area contributed by atoms with E-state index in [0.29, 0.717) is 16.8 Å². The first-order valence-corrected chi connectivity index (χ1v) is 9.46. The third-order valence-electron chi connectivity index (χ3n) is 3.11. The molecule has 3 N–H and O–H groups in total. The highest BCUT2D eigenvalue weighted by Crippen LogP contribution is 2.29. The van der Waals surface area contributed by atoms with E-state index in [-0.39, 0.29) is 16.1 Å². The maximum Gasteiger partial charge on any atom is 0.262 e. The number of para-hydroxylation sites is 1. The number of nitrogens with one attached hydrogen (secondary N) is 1. The van der Waals surface area contributed by atoms with Crippen molar-refractivity contribution in [2.45, 2.75) is 18.2 Å². The zero-order valence-corrected chi connectivity index (χ0v) is 15.4. The van der Waals surface area contributed by atoms with Crippen molar-refractivity contribution in [3.63, 3.8) is 0 Å². The SMILES string of the molecule is CCCOc1cc(S(=O)(=O)Nc2ccccc2C(N)=O)ccc1Br. The summed E-state index contributed by atoms with van der Waals surface area (Å²) in [5, 5.41) is 0. The minimum Gasteiger partial charge on any atom is -0.492 e. The summed E-state index contributed by atoms with van der Waals surface area (Å²) in [5.41, 5.74) is 5.50. The Bertz CT molecular complexity index is 853. The molecule has 0 spiro atoms. The van der Waals surface area contributed by atoms with Gasteiger partial charge in [-0.15, -0.1) is 0 Å². The Morgan fingerprint density at radius 3 is 2.62 bits per heavy atom. The number of anilines is 1. The number of primary amides is 1. The molecule has 24 heavy (non-hydrogen) atoms. The number of sulfonamides is 1. The molecule has 0 aliphatic carbocycles. The number of carbonyl (C=O) groups is 1. The van der Waals surface area contributed by atoms with Crippen LogP contribution in [0.5, 0.6) is 5.75 Å². The summed E-state index contributed by atoms with van der Waals surface area (Å²) in [4.78, 5) is 11.4. The fourth-order valence-electron chi connectivity index (χ4n) is 1.96. The highest BCUT2D eigenvalue weighted by molar-refractivity contribution is 9.10. The van der Waals surface area contributed by atoms with E-state index in [1.54, 1.807) is 18.2 Å². The molecule has 0 bridgehead atoms. The number of rotatable bonds is 7. The van der Waals surface area contributed by atoms with Crippen LogP contribution < -0.4 is 15.2 Å². The number of amides is 1. The minimum absolute atomic E-state index is 0.0241. The van der Waals surface area contributed by atoms with Gasteiger partial charge in [0.25, 0.3) is 15.9 Å². The van der Waals surface area contributed by atoms with Gasteiger partial charge in [-0.1, -0.05) is 19.1 Å². The van der Waals surface area contributed by atoms with Gasteiger partial charge in [0.1, 0.15) is 5.75 Å². The van der Waals surface area contributed by atoms with Gasteiger partial charge in [0.2, 0.25) is 0 Å². The Hall–Kier alpha value is -2.06. The van der Waals surface area contributed by atoms with Crippen LogP contribution >= 0.6 is 15.9 Å². The normalized spacial score (nSPS) is 11.1. The van der Waals surface area contributed by atoms with Crippen LogP contribution in [0.3, 0.4) is 0 Å². The average Bonchev–Trinajstić information content (AvgIpc) is 2.53. The molecule has 0 saturated carbocycles. The van der Waals surface area contributed by atoms with Gasteiger partial charge in [0.05, 0.1) is 27.2 Å². The van der Waals surface area contributed by atoms with Gasteiger partial charge < -0.3 is 10.5 Å². The minimum atomic E-state index is -3.89. The molecule has 0 fully saturated rings. The lowest BCUT2D eigenvalue weighted by atomic mass is 10.2. The molecular weight excluding hydrogens is 396 g/mol. The molecule has 1 amide bonds. The van der Waals surface area contributed by atoms with Crippen LogP contribution in [0.15, 0.2) is 51.8 Å². The number of carbonyl (C=O) groups excluding carboxylic acids is 1. The summed E-state index contributed by atoms with van der Waals surface area (Å²) < 4.78 is 33.7. The largest absolute Gasteiger partial charge is 0.492 e. The fraction of sp³-hybridized carbons (Fsp3) is 0.188. The molecule has 6 nitrogen and oxygen atoms in total. The van der Waals surface area contributed by atoms with Crippen LogP contribution in [-0.2, 0) is 10.0 Å². The Balaban J connectivity index is 2.36. The topological polar surface area (TPSA) is 98.5 Å². The van der Waals surface area contributed by atoms with Gasteiger partial charge in [-0.25, -0.2) is 8.42 Å². The average molecular weight is 413 g/mol. The third kappa shape index (κ3) is 4.27. The predicted molar refractivity (Wildman–Crippen MR) is 95.7 cm³/mol. The van der Waals surface area contributed by atoms with Gasteiger partial charge >= 0.3 is 0 Å². The summed E-state index contributed by atoms with van der Waals surface area (Å²) in [6.45, 7) is 2.43. The molecule has 2 aromatic carbocycles. The van der Waals surface area contributed by atoms with Crippen molar-refractivity contribution >= 4 is 37.5 Å². The molecule has 0 atom stereocenters. The lowest BCUT2D eigenvalue weighted by Crippen LogP contribution is -2.18. The van der Waals surface area contributed by atoms with E-state index in [1.807, 2.05) is 6.92 Å². The van der Waals surface area contributed by atoms with Crippen LogP contribution in [0.4, 0.5) is 5.69 Å². The summed E-state index contributed by atoms with van der Waals surface area (Å²) in [6.07, 6.45) is 0.799. The van der Waals surface area contributed by atoms with Gasteiger partial charge in [0, 0.05) is 6.07 Å². The zero-order valence-electron chi connectivity index (χ0n) is 13.0. The van der Waals surface area contributed by atoms with E-state index in [9.17, 15) is 13.2 Å². The number of hydrogen-bond acceptors (Lipinski definition) is 4. The standard InChI is InChI=1S/C16H17BrN2O4S/c1-2-9-23-15-10-11(7-8-13(15)17)24(21,22)19-14-6-4-3-5-12(14)16(18)20/h3-8,10,19H,2,9H2,1H3,(H2,18,20). The van der Waals surface area contributed by atoms with Gasteiger partial charge in [-0.2, -0.15) is 0 Å². The molecule has 0 saturated heterocycles. The van der Waals surface area contributed by atoms with Crippen LogP contribution in [0.2, 0.25) is 0 Å². The first-order valence-electron chi connectivity index (χ1n) is 7.19. The Labute approximate surface area is 149 Å². The van der Waals surface area contributed by atoms with Crippen molar-refractivity contribution in [1.29, 1.82) is 0 Å². The predicted octanol–water partition coefficient (Wildman–Crippen LogP) is 3.14. The Morgan fingerprint density at radius 1 is 1.25 bits per heavy atom. The second-order valence-electron chi connectivity index (χ2n) is 4.96. The number of hydrogen-bond donors (Lipinski definition) is 2. The van der Waals surface area contributed by atoms with E-state index >= 15 is 0 Å². The molecule has 2 rings (SSSR count). The summed E-state index contributed by atoms with van der Waals surface area (Å²) >= 11 is 3.32.